The average molecular weight is 494 g/mol. The first kappa shape index (κ1) is 25.5. The van der Waals surface area contributed by atoms with Gasteiger partial charge in [-0.25, -0.2) is 4.79 Å². The number of ether oxygens (including phenoxy) is 2. The highest BCUT2D eigenvalue weighted by Crippen LogP contribution is 2.20. The summed E-state index contributed by atoms with van der Waals surface area (Å²) in [5.74, 6) is -0.131. The largest absolute Gasteiger partial charge is 0.462 e. The Balaban J connectivity index is 1.73. The van der Waals surface area contributed by atoms with Gasteiger partial charge in [-0.05, 0) is 51.3 Å². The Hall–Kier alpha value is -2.17. The van der Waals surface area contributed by atoms with Crippen molar-refractivity contribution in [3.8, 4) is 0 Å². The molecule has 3 rings (SSSR count). The molecule has 1 aliphatic rings. The summed E-state index contributed by atoms with van der Waals surface area (Å²) in [4.78, 5) is 43.7. The lowest BCUT2D eigenvalue weighted by Gasteiger charge is -2.26. The quantitative estimate of drug-likeness (QED) is 0.373. The summed E-state index contributed by atoms with van der Waals surface area (Å²) < 4.78 is 13.4. The SMILES string of the molecule is CCOCCn1c(=NC(=O)CSCC(=O)N2CCCCC2)sc2cc(C(=O)OCC)ccc21. The first-order valence-corrected chi connectivity index (χ1v) is 13.3. The topological polar surface area (TPSA) is 90.2 Å². The number of carbonyl (C=O) groups is 3. The Kier molecular flexibility index (Phi) is 9.95. The summed E-state index contributed by atoms with van der Waals surface area (Å²) in [6.07, 6.45) is 3.28. The lowest BCUT2D eigenvalue weighted by Crippen LogP contribution is -2.36. The number of benzene rings is 1. The van der Waals surface area contributed by atoms with Gasteiger partial charge in [0.05, 0.1) is 40.5 Å². The monoisotopic (exact) mass is 493 g/mol. The Bertz CT molecular complexity index is 1040. The highest BCUT2D eigenvalue weighted by molar-refractivity contribution is 8.00. The number of nitrogens with zero attached hydrogens (tertiary/aromatic N) is 3. The van der Waals surface area contributed by atoms with Crippen LogP contribution < -0.4 is 4.80 Å². The van der Waals surface area contributed by atoms with Gasteiger partial charge in [0, 0.05) is 26.2 Å². The van der Waals surface area contributed by atoms with E-state index in [9.17, 15) is 14.4 Å². The number of likely N-dealkylation sites (tertiary alicyclic amines) is 1. The molecule has 10 heteroatoms. The number of thiazole rings is 1. The molecule has 0 radical (unpaired) electrons. The number of thioether (sulfide) groups is 1. The van der Waals surface area contributed by atoms with Crippen LogP contribution in [0.25, 0.3) is 10.2 Å². The van der Waals surface area contributed by atoms with Crippen molar-refractivity contribution in [3.63, 3.8) is 0 Å². The van der Waals surface area contributed by atoms with Crippen LogP contribution in [0.4, 0.5) is 0 Å². The van der Waals surface area contributed by atoms with Crippen LogP contribution in [0.2, 0.25) is 0 Å². The van der Waals surface area contributed by atoms with Crippen molar-refractivity contribution < 1.29 is 23.9 Å². The second kappa shape index (κ2) is 12.9. The van der Waals surface area contributed by atoms with Gasteiger partial charge in [0.25, 0.3) is 5.91 Å². The number of aromatic nitrogens is 1. The van der Waals surface area contributed by atoms with Crippen LogP contribution in [0.3, 0.4) is 0 Å². The van der Waals surface area contributed by atoms with E-state index in [4.69, 9.17) is 9.47 Å². The predicted molar refractivity (Wildman–Crippen MR) is 131 cm³/mol. The Labute approximate surface area is 202 Å². The van der Waals surface area contributed by atoms with Gasteiger partial charge < -0.3 is 18.9 Å². The van der Waals surface area contributed by atoms with Crippen LogP contribution in [-0.2, 0) is 25.6 Å². The van der Waals surface area contributed by atoms with E-state index in [0.29, 0.717) is 42.5 Å². The van der Waals surface area contributed by atoms with Crippen molar-refractivity contribution in [2.24, 2.45) is 4.99 Å². The predicted octanol–water partition coefficient (Wildman–Crippen LogP) is 3.09. The first-order valence-electron chi connectivity index (χ1n) is 11.3. The standard InChI is InChI=1S/C23H31N3O5S2/c1-3-30-13-12-26-18-9-8-17(22(29)31-4-2)14-19(18)33-23(26)24-20(27)15-32-16-21(28)25-10-6-5-7-11-25/h8-9,14H,3-7,10-13,15-16H2,1-2H3. The molecule has 1 aromatic carbocycles. The number of amides is 2. The molecule has 0 N–H and O–H groups in total. The number of hydrogen-bond acceptors (Lipinski definition) is 7. The molecule has 2 heterocycles. The lowest BCUT2D eigenvalue weighted by atomic mass is 10.1. The van der Waals surface area contributed by atoms with Crippen molar-refractivity contribution in [2.45, 2.75) is 39.7 Å². The molecule has 0 unspecified atom stereocenters. The second-order valence-corrected chi connectivity index (χ2v) is 9.57. The van der Waals surface area contributed by atoms with Gasteiger partial charge >= 0.3 is 5.97 Å². The molecule has 2 amide bonds. The van der Waals surface area contributed by atoms with Crippen LogP contribution in [0, 0.1) is 0 Å². The Morgan fingerprint density at radius 1 is 1.09 bits per heavy atom. The fraction of sp³-hybridized carbons (Fsp3) is 0.565. The Morgan fingerprint density at radius 2 is 1.88 bits per heavy atom. The van der Waals surface area contributed by atoms with Gasteiger partial charge in [-0.15, -0.1) is 11.8 Å². The van der Waals surface area contributed by atoms with E-state index in [1.165, 1.54) is 29.5 Å². The Morgan fingerprint density at radius 3 is 2.61 bits per heavy atom. The number of rotatable bonds is 10. The molecule has 1 aliphatic heterocycles. The van der Waals surface area contributed by atoms with Crippen molar-refractivity contribution in [1.29, 1.82) is 0 Å². The molecule has 180 valence electrons. The molecule has 0 spiro atoms. The maximum absolute atomic E-state index is 12.6. The molecule has 1 fully saturated rings. The van der Waals surface area contributed by atoms with E-state index >= 15 is 0 Å². The van der Waals surface area contributed by atoms with Crippen LogP contribution in [0.5, 0.6) is 0 Å². The van der Waals surface area contributed by atoms with Gasteiger partial charge in [-0.3, -0.25) is 9.59 Å². The molecule has 33 heavy (non-hydrogen) atoms. The summed E-state index contributed by atoms with van der Waals surface area (Å²) in [7, 11) is 0. The number of carbonyl (C=O) groups excluding carboxylic acids is 3. The van der Waals surface area contributed by atoms with Crippen molar-refractivity contribution in [3.05, 3.63) is 28.6 Å². The van der Waals surface area contributed by atoms with Crippen LogP contribution in [0.15, 0.2) is 23.2 Å². The summed E-state index contributed by atoms with van der Waals surface area (Å²) in [5, 5.41) is 0. The lowest BCUT2D eigenvalue weighted by molar-refractivity contribution is -0.129. The molecular formula is C23H31N3O5S2. The molecular weight excluding hydrogens is 462 g/mol. The van der Waals surface area contributed by atoms with Crippen LogP contribution in [-0.4, -0.2) is 71.7 Å². The minimum atomic E-state index is -0.377. The van der Waals surface area contributed by atoms with E-state index in [-0.39, 0.29) is 23.5 Å². The summed E-state index contributed by atoms with van der Waals surface area (Å²) in [5.41, 5.74) is 1.35. The maximum Gasteiger partial charge on any atom is 0.338 e. The van der Waals surface area contributed by atoms with E-state index in [1.54, 1.807) is 19.1 Å². The smallest absolute Gasteiger partial charge is 0.338 e. The zero-order valence-corrected chi connectivity index (χ0v) is 20.8. The third-order valence-corrected chi connectivity index (χ3v) is 7.18. The van der Waals surface area contributed by atoms with Crippen molar-refractivity contribution in [1.82, 2.24) is 9.47 Å². The number of hydrogen-bond donors (Lipinski definition) is 0. The molecule has 0 bridgehead atoms. The van der Waals surface area contributed by atoms with Crippen LogP contribution >= 0.6 is 23.1 Å². The van der Waals surface area contributed by atoms with Gasteiger partial charge in [0.2, 0.25) is 5.91 Å². The third kappa shape index (κ3) is 7.15. The van der Waals surface area contributed by atoms with E-state index in [1.807, 2.05) is 22.5 Å². The minimum Gasteiger partial charge on any atom is -0.462 e. The zero-order valence-electron chi connectivity index (χ0n) is 19.2. The maximum atomic E-state index is 12.6. The fourth-order valence-corrected chi connectivity index (χ4v) is 5.43. The number of fused-ring (bicyclic) bond motifs is 1. The average Bonchev–Trinajstić information content (AvgIpc) is 3.16. The first-order chi connectivity index (χ1) is 16.0. The molecule has 2 aromatic rings. The summed E-state index contributed by atoms with van der Waals surface area (Å²) in [6.45, 7) is 7.26. The van der Waals surface area contributed by atoms with Gasteiger partial charge in [-0.2, -0.15) is 4.99 Å². The minimum absolute atomic E-state index is 0.0904. The van der Waals surface area contributed by atoms with Crippen molar-refractivity contribution in [2.75, 3.05) is 44.4 Å². The third-order valence-electron chi connectivity index (χ3n) is 5.24. The van der Waals surface area contributed by atoms with E-state index in [2.05, 4.69) is 4.99 Å². The molecule has 8 nitrogen and oxygen atoms in total. The van der Waals surface area contributed by atoms with E-state index < -0.39 is 0 Å². The summed E-state index contributed by atoms with van der Waals surface area (Å²) in [6, 6.07) is 5.34. The number of esters is 1. The highest BCUT2D eigenvalue weighted by Gasteiger charge is 2.17. The molecule has 0 saturated carbocycles. The van der Waals surface area contributed by atoms with Crippen LogP contribution in [0.1, 0.15) is 43.5 Å². The fourth-order valence-electron chi connectivity index (χ4n) is 3.62. The van der Waals surface area contributed by atoms with Gasteiger partial charge in [0.1, 0.15) is 0 Å². The summed E-state index contributed by atoms with van der Waals surface area (Å²) >= 11 is 2.65. The second-order valence-electron chi connectivity index (χ2n) is 7.58. The molecule has 0 aliphatic carbocycles. The normalized spacial score (nSPS) is 14.6. The van der Waals surface area contributed by atoms with Gasteiger partial charge in [-0.1, -0.05) is 11.3 Å². The molecule has 0 atom stereocenters. The highest BCUT2D eigenvalue weighted by atomic mass is 32.2. The molecule has 1 saturated heterocycles. The van der Waals surface area contributed by atoms with E-state index in [0.717, 1.165) is 36.1 Å². The number of piperidine rings is 1. The zero-order chi connectivity index (χ0) is 23.6. The van der Waals surface area contributed by atoms with Crippen molar-refractivity contribution >= 4 is 51.1 Å². The van der Waals surface area contributed by atoms with Gasteiger partial charge in [0.15, 0.2) is 4.80 Å². The molecule has 1 aromatic heterocycles.